The molecule has 1 saturated heterocycles. The minimum absolute atomic E-state index is 0.0819. The Balaban J connectivity index is 2.04. The molecular formula is C13H22N5O6S+. The summed E-state index contributed by atoms with van der Waals surface area (Å²) in [6, 6.07) is 0. The van der Waals surface area contributed by atoms with Crippen LogP contribution in [0.5, 0.6) is 0 Å². The van der Waals surface area contributed by atoms with Crippen LogP contribution >= 0.6 is 0 Å². The van der Waals surface area contributed by atoms with Crippen LogP contribution in [0.4, 0.5) is 5.88 Å². The zero-order valence-electron chi connectivity index (χ0n) is 14.6. The van der Waals surface area contributed by atoms with E-state index in [2.05, 4.69) is 15.3 Å². The maximum atomic E-state index is 11.7. The van der Waals surface area contributed by atoms with E-state index >= 15 is 0 Å². The van der Waals surface area contributed by atoms with Crippen molar-refractivity contribution in [3.63, 3.8) is 0 Å². The highest BCUT2D eigenvalue weighted by atomic mass is 32.2. The summed E-state index contributed by atoms with van der Waals surface area (Å²) in [6.45, 7) is 5.55. The Bertz CT molecular complexity index is 759. The fourth-order valence-electron chi connectivity index (χ4n) is 2.51. The molecule has 11 nitrogen and oxygen atoms in total. The molecule has 140 valence electrons. The highest BCUT2D eigenvalue weighted by molar-refractivity contribution is 7.88. The minimum atomic E-state index is -3.27. The van der Waals surface area contributed by atoms with Crippen molar-refractivity contribution in [2.24, 2.45) is 0 Å². The summed E-state index contributed by atoms with van der Waals surface area (Å²) >= 11 is 0. The van der Waals surface area contributed by atoms with E-state index in [1.807, 2.05) is 18.9 Å². The van der Waals surface area contributed by atoms with Gasteiger partial charge in [-0.3, -0.25) is 19.4 Å². The highest BCUT2D eigenvalue weighted by Crippen LogP contribution is 2.19. The molecule has 25 heavy (non-hydrogen) atoms. The van der Waals surface area contributed by atoms with E-state index in [1.54, 1.807) is 0 Å². The van der Waals surface area contributed by atoms with Crippen LogP contribution in [0.3, 0.4) is 0 Å². The molecule has 2 heterocycles. The second kappa shape index (κ2) is 6.96. The van der Waals surface area contributed by atoms with Crippen molar-refractivity contribution in [3.8, 4) is 0 Å². The van der Waals surface area contributed by atoms with Gasteiger partial charge in [0.15, 0.2) is 6.61 Å². The first kappa shape index (κ1) is 19.1. The molecule has 1 fully saturated rings. The molecule has 0 spiro atoms. The molecule has 0 atom stereocenters. The lowest BCUT2D eigenvalue weighted by molar-refractivity contribution is -0.766. The van der Waals surface area contributed by atoms with Gasteiger partial charge >= 0.3 is 11.9 Å². The number of anilines is 1. The summed E-state index contributed by atoms with van der Waals surface area (Å²) in [5, 5.41) is 8.10. The number of nitrogens with zero attached hydrogens (tertiary/aromatic N) is 4. The van der Waals surface area contributed by atoms with E-state index in [4.69, 9.17) is 4.52 Å². The maximum Gasteiger partial charge on any atom is 0.305 e. The molecule has 1 aliphatic heterocycles. The van der Waals surface area contributed by atoms with Gasteiger partial charge in [-0.05, 0) is 13.8 Å². The van der Waals surface area contributed by atoms with Crippen molar-refractivity contribution in [2.75, 3.05) is 42.8 Å². The van der Waals surface area contributed by atoms with Gasteiger partial charge in [0.2, 0.25) is 15.3 Å². The van der Waals surface area contributed by atoms with E-state index < -0.39 is 34.0 Å². The Morgan fingerprint density at radius 1 is 1.44 bits per heavy atom. The average Bonchev–Trinajstić information content (AvgIpc) is 2.91. The molecule has 0 unspecified atom stereocenters. The van der Waals surface area contributed by atoms with Crippen LogP contribution in [0.15, 0.2) is 10.7 Å². The van der Waals surface area contributed by atoms with Gasteiger partial charge in [0.25, 0.3) is 12.1 Å². The van der Waals surface area contributed by atoms with Gasteiger partial charge in [-0.25, -0.2) is 8.42 Å². The first-order valence-corrected chi connectivity index (χ1v) is 9.39. The third kappa shape index (κ3) is 4.89. The second-order valence-electron chi connectivity index (χ2n) is 6.35. The standard InChI is InChI=1S/C13H21N5O6S/c1-10(19)23-8-11(20)14-12-7-18(15-24-12)17-6-5-16(25(4,21)22)9-13(17,2)3/h7H,5-6,8-9H2,1-4H3/p+1. The van der Waals surface area contributed by atoms with Crippen molar-refractivity contribution in [3.05, 3.63) is 6.20 Å². The highest BCUT2D eigenvalue weighted by Gasteiger charge is 2.43. The normalized spacial score (nSPS) is 18.0. The van der Waals surface area contributed by atoms with Crippen LogP contribution in [-0.4, -0.2) is 67.9 Å². The van der Waals surface area contributed by atoms with Crippen molar-refractivity contribution >= 4 is 27.8 Å². The van der Waals surface area contributed by atoms with E-state index in [1.165, 1.54) is 28.5 Å². The van der Waals surface area contributed by atoms with Gasteiger partial charge in [-0.15, -0.1) is 5.01 Å². The van der Waals surface area contributed by atoms with Crippen molar-refractivity contribution in [1.29, 1.82) is 0 Å². The molecule has 1 aromatic rings. The van der Waals surface area contributed by atoms with Crippen LogP contribution in [-0.2, 0) is 24.3 Å². The number of rotatable bonds is 5. The molecule has 2 rings (SSSR count). The lowest BCUT2D eigenvalue weighted by Crippen LogP contribution is -2.74. The first-order valence-electron chi connectivity index (χ1n) is 7.54. The van der Waals surface area contributed by atoms with Crippen molar-refractivity contribution in [2.45, 2.75) is 26.3 Å². The molecular weight excluding hydrogens is 354 g/mol. The first-order chi connectivity index (χ1) is 11.5. The molecule has 0 saturated carbocycles. The number of ether oxygens (including phenoxy) is 1. The topological polar surface area (TPSA) is 126 Å². The number of carbonyl (C=O) groups is 2. The largest absolute Gasteiger partial charge is 0.456 e. The summed E-state index contributed by atoms with van der Waals surface area (Å²) in [5.41, 5.74) is -0.540. The SMILES string of the molecule is CC(=O)OCC(=O)Nc1c[n+](N2CCN(S(C)(=O)=O)CC2(C)C)no1. The van der Waals surface area contributed by atoms with E-state index in [-0.39, 0.29) is 5.88 Å². The number of sulfonamides is 1. The molecule has 1 aromatic heterocycles. The Labute approximate surface area is 145 Å². The van der Waals surface area contributed by atoms with Gasteiger partial charge in [-0.1, -0.05) is 0 Å². The third-order valence-electron chi connectivity index (χ3n) is 3.66. The number of carbonyl (C=O) groups excluding carboxylic acids is 2. The molecule has 12 heteroatoms. The van der Waals surface area contributed by atoms with Gasteiger partial charge in [0.1, 0.15) is 5.54 Å². The Morgan fingerprint density at radius 2 is 2.12 bits per heavy atom. The molecule has 0 bridgehead atoms. The molecule has 1 amide bonds. The van der Waals surface area contributed by atoms with Crippen molar-refractivity contribution in [1.82, 2.24) is 9.58 Å². The quantitative estimate of drug-likeness (QED) is 0.484. The molecule has 0 radical (unpaired) electrons. The van der Waals surface area contributed by atoms with Crippen LogP contribution in [0.1, 0.15) is 20.8 Å². The number of hydrogen-bond donors (Lipinski definition) is 1. The van der Waals surface area contributed by atoms with Crippen LogP contribution in [0, 0.1) is 0 Å². The zero-order chi connectivity index (χ0) is 18.8. The maximum absolute atomic E-state index is 11.7. The second-order valence-corrected chi connectivity index (χ2v) is 8.33. The number of hydrogen-bond acceptors (Lipinski definition) is 8. The smallest absolute Gasteiger partial charge is 0.305 e. The summed E-state index contributed by atoms with van der Waals surface area (Å²) in [7, 11) is -3.27. The number of amides is 1. The van der Waals surface area contributed by atoms with Gasteiger partial charge < -0.3 is 4.74 Å². The van der Waals surface area contributed by atoms with Crippen LogP contribution in [0.25, 0.3) is 0 Å². The van der Waals surface area contributed by atoms with E-state index in [0.29, 0.717) is 19.6 Å². The number of piperazine rings is 1. The van der Waals surface area contributed by atoms with E-state index in [9.17, 15) is 18.0 Å². The summed E-state index contributed by atoms with van der Waals surface area (Å²) in [4.78, 5) is 23.7. The Morgan fingerprint density at radius 3 is 2.68 bits per heavy atom. The van der Waals surface area contributed by atoms with Gasteiger partial charge in [-0.2, -0.15) is 4.31 Å². The number of aromatic nitrogens is 2. The zero-order valence-corrected chi connectivity index (χ0v) is 15.4. The molecule has 0 aliphatic carbocycles. The predicted molar refractivity (Wildman–Crippen MR) is 85.5 cm³/mol. The summed E-state index contributed by atoms with van der Waals surface area (Å²) in [6.07, 6.45) is 2.64. The lowest BCUT2D eigenvalue weighted by Gasteiger charge is -2.40. The Kier molecular flexibility index (Phi) is 5.32. The lowest BCUT2D eigenvalue weighted by atomic mass is 10.0. The summed E-state index contributed by atoms with van der Waals surface area (Å²) in [5.74, 6) is -1.04. The Hall–Kier alpha value is -2.21. The van der Waals surface area contributed by atoms with Gasteiger partial charge in [0.05, 0.1) is 17.6 Å². The molecule has 1 N–H and O–H groups in total. The van der Waals surface area contributed by atoms with Gasteiger partial charge in [0, 0.05) is 20.0 Å². The third-order valence-corrected chi connectivity index (χ3v) is 4.91. The van der Waals surface area contributed by atoms with Crippen LogP contribution < -0.4 is 15.1 Å². The predicted octanol–water partition coefficient (Wildman–Crippen LogP) is -1.54. The summed E-state index contributed by atoms with van der Waals surface area (Å²) < 4.78 is 34.5. The van der Waals surface area contributed by atoms with Crippen LogP contribution in [0.2, 0.25) is 0 Å². The minimum Gasteiger partial charge on any atom is -0.456 e. The monoisotopic (exact) mass is 376 g/mol. The van der Waals surface area contributed by atoms with Crippen molar-refractivity contribution < 1.29 is 32.1 Å². The fraction of sp³-hybridized carbons (Fsp3) is 0.692. The number of esters is 1. The average molecular weight is 376 g/mol. The number of nitrogens with one attached hydrogen (secondary N) is 1. The fourth-order valence-corrected chi connectivity index (χ4v) is 3.48. The molecule has 0 aromatic carbocycles. The molecule has 1 aliphatic rings. The van der Waals surface area contributed by atoms with E-state index in [0.717, 1.165) is 0 Å².